The van der Waals surface area contributed by atoms with Crippen molar-refractivity contribution in [2.45, 2.75) is 57.8 Å². The Morgan fingerprint density at radius 3 is 2.56 bits per heavy atom. The van der Waals surface area contributed by atoms with Crippen LogP contribution >= 0.6 is 0 Å². The molecule has 2 bridgehead atoms. The third-order valence-electron chi connectivity index (χ3n) is 3.76. The molecule has 18 heavy (non-hydrogen) atoms. The molecular weight excluding hydrogens is 234 g/mol. The number of carbonyl (C=O) groups is 2. The lowest BCUT2D eigenvalue weighted by Gasteiger charge is -2.22. The number of ether oxygens (including phenoxy) is 1. The number of aliphatic carboxylic acids is 1. The van der Waals surface area contributed by atoms with E-state index in [4.69, 9.17) is 9.84 Å². The van der Waals surface area contributed by atoms with Gasteiger partial charge < -0.3 is 15.2 Å². The smallest absolute Gasteiger partial charge is 0.326 e. The molecule has 3 unspecified atom stereocenters. The summed E-state index contributed by atoms with van der Waals surface area (Å²) in [6, 6.07) is -0.781. The fourth-order valence-electron chi connectivity index (χ4n) is 2.89. The van der Waals surface area contributed by atoms with Crippen LogP contribution in [0, 0.1) is 11.8 Å². The Labute approximate surface area is 107 Å². The Balaban J connectivity index is 1.91. The zero-order valence-corrected chi connectivity index (χ0v) is 10.9. The molecule has 2 saturated heterocycles. The minimum Gasteiger partial charge on any atom is -0.480 e. The normalized spacial score (nSPS) is 31.6. The van der Waals surface area contributed by atoms with Crippen molar-refractivity contribution in [2.24, 2.45) is 11.8 Å². The van der Waals surface area contributed by atoms with Crippen molar-refractivity contribution in [1.82, 2.24) is 5.32 Å². The third kappa shape index (κ3) is 2.83. The van der Waals surface area contributed by atoms with E-state index in [1.165, 1.54) is 0 Å². The van der Waals surface area contributed by atoms with E-state index in [2.05, 4.69) is 5.32 Å². The molecule has 0 aromatic rings. The van der Waals surface area contributed by atoms with Crippen molar-refractivity contribution in [3.05, 3.63) is 0 Å². The highest BCUT2D eigenvalue weighted by molar-refractivity contribution is 5.85. The zero-order valence-electron chi connectivity index (χ0n) is 10.9. The lowest BCUT2D eigenvalue weighted by atomic mass is 9.88. The van der Waals surface area contributed by atoms with Gasteiger partial charge in [-0.2, -0.15) is 0 Å². The number of carbonyl (C=O) groups excluding carboxylic acids is 1. The summed E-state index contributed by atoms with van der Waals surface area (Å²) in [6.45, 7) is 3.89. The number of nitrogens with one attached hydrogen (secondary N) is 1. The topological polar surface area (TPSA) is 75.6 Å². The predicted molar refractivity (Wildman–Crippen MR) is 65.0 cm³/mol. The Morgan fingerprint density at radius 2 is 2.11 bits per heavy atom. The quantitative estimate of drug-likeness (QED) is 0.773. The standard InChI is InChI=1S/C13H21NO4/c1-7(2)5-10(13(16)17)14-12(15)9-6-8-3-4-11(9)18-8/h7-11H,3-6H2,1-2H3,(H,14,15)(H,16,17)/t8?,9?,10-,11?/m0/s1. The van der Waals surface area contributed by atoms with Crippen LogP contribution in [0.15, 0.2) is 0 Å². The van der Waals surface area contributed by atoms with Crippen LogP contribution in [0.3, 0.4) is 0 Å². The summed E-state index contributed by atoms with van der Waals surface area (Å²) in [4.78, 5) is 23.2. The second-order valence-corrected chi connectivity index (χ2v) is 5.75. The first-order chi connectivity index (χ1) is 8.47. The minimum atomic E-state index is -0.957. The van der Waals surface area contributed by atoms with Crippen molar-refractivity contribution < 1.29 is 19.4 Å². The lowest BCUT2D eigenvalue weighted by molar-refractivity contribution is -0.143. The molecule has 102 valence electrons. The van der Waals surface area contributed by atoms with E-state index in [1.54, 1.807) is 0 Å². The molecule has 0 spiro atoms. The molecule has 2 aliphatic heterocycles. The van der Waals surface area contributed by atoms with Crippen molar-refractivity contribution >= 4 is 11.9 Å². The van der Waals surface area contributed by atoms with Gasteiger partial charge in [-0.25, -0.2) is 4.79 Å². The first-order valence-electron chi connectivity index (χ1n) is 6.66. The summed E-state index contributed by atoms with van der Waals surface area (Å²) in [7, 11) is 0. The molecule has 1 amide bonds. The molecule has 2 heterocycles. The van der Waals surface area contributed by atoms with Crippen molar-refractivity contribution in [2.75, 3.05) is 0 Å². The summed E-state index contributed by atoms with van der Waals surface area (Å²) in [6.07, 6.45) is 3.36. The molecule has 2 fully saturated rings. The molecule has 0 aromatic carbocycles. The van der Waals surface area contributed by atoms with Gasteiger partial charge in [0.25, 0.3) is 0 Å². The van der Waals surface area contributed by atoms with Gasteiger partial charge in [0.15, 0.2) is 0 Å². The number of amides is 1. The van der Waals surface area contributed by atoms with E-state index in [0.717, 1.165) is 19.3 Å². The Hall–Kier alpha value is -1.10. The average Bonchev–Trinajstić information content (AvgIpc) is 2.88. The molecule has 5 nitrogen and oxygen atoms in total. The predicted octanol–water partition coefficient (Wildman–Crippen LogP) is 1.17. The number of hydrogen-bond acceptors (Lipinski definition) is 3. The second kappa shape index (κ2) is 5.26. The van der Waals surface area contributed by atoms with Gasteiger partial charge in [-0.15, -0.1) is 0 Å². The largest absolute Gasteiger partial charge is 0.480 e. The molecule has 0 aliphatic carbocycles. The maximum atomic E-state index is 12.1. The van der Waals surface area contributed by atoms with Gasteiger partial charge in [-0.3, -0.25) is 4.79 Å². The monoisotopic (exact) mass is 255 g/mol. The van der Waals surface area contributed by atoms with Crippen LogP contribution in [-0.4, -0.2) is 35.2 Å². The van der Waals surface area contributed by atoms with E-state index < -0.39 is 12.0 Å². The van der Waals surface area contributed by atoms with Crippen LogP contribution < -0.4 is 5.32 Å². The highest BCUT2D eigenvalue weighted by Crippen LogP contribution is 2.38. The molecule has 4 atom stereocenters. The SMILES string of the molecule is CC(C)C[C@H](NC(=O)C1CC2CCC1O2)C(=O)O. The van der Waals surface area contributed by atoms with E-state index in [-0.39, 0.29) is 30.0 Å². The number of hydrogen-bond donors (Lipinski definition) is 2. The summed E-state index contributed by atoms with van der Waals surface area (Å²) >= 11 is 0. The first-order valence-corrected chi connectivity index (χ1v) is 6.66. The minimum absolute atomic E-state index is 0.00324. The molecule has 0 radical (unpaired) electrons. The van der Waals surface area contributed by atoms with Crippen molar-refractivity contribution in [1.29, 1.82) is 0 Å². The Bertz CT molecular complexity index is 342. The summed E-state index contributed by atoms with van der Waals surface area (Å²) in [5, 5.41) is 11.8. The van der Waals surface area contributed by atoms with Crippen LogP contribution in [0.4, 0.5) is 0 Å². The molecule has 2 N–H and O–H groups in total. The van der Waals surface area contributed by atoms with Gasteiger partial charge in [-0.05, 0) is 31.6 Å². The summed E-state index contributed by atoms with van der Waals surface area (Å²) in [5.41, 5.74) is 0. The molecule has 2 aliphatic rings. The van der Waals surface area contributed by atoms with Gasteiger partial charge in [0.05, 0.1) is 18.1 Å². The highest BCUT2D eigenvalue weighted by Gasteiger charge is 2.45. The summed E-state index contributed by atoms with van der Waals surface area (Å²) in [5.74, 6) is -1.03. The maximum Gasteiger partial charge on any atom is 0.326 e. The first kappa shape index (κ1) is 13.3. The average molecular weight is 255 g/mol. The van der Waals surface area contributed by atoms with E-state index in [0.29, 0.717) is 6.42 Å². The second-order valence-electron chi connectivity index (χ2n) is 5.75. The molecule has 0 aromatic heterocycles. The fraction of sp³-hybridized carbons (Fsp3) is 0.846. The number of carboxylic acids is 1. The fourth-order valence-corrected chi connectivity index (χ4v) is 2.89. The van der Waals surface area contributed by atoms with E-state index >= 15 is 0 Å². The summed E-state index contributed by atoms with van der Waals surface area (Å²) < 4.78 is 5.62. The van der Waals surface area contributed by atoms with Crippen LogP contribution in [0.1, 0.15) is 39.5 Å². The van der Waals surface area contributed by atoms with Gasteiger partial charge in [-0.1, -0.05) is 13.8 Å². The molecular formula is C13H21NO4. The highest BCUT2D eigenvalue weighted by atomic mass is 16.5. The van der Waals surface area contributed by atoms with Gasteiger partial charge in [0, 0.05) is 0 Å². The number of fused-ring (bicyclic) bond motifs is 2. The molecule has 2 rings (SSSR count). The molecule has 0 saturated carbocycles. The van der Waals surface area contributed by atoms with E-state index in [1.807, 2.05) is 13.8 Å². The number of rotatable bonds is 5. The van der Waals surface area contributed by atoms with Crippen LogP contribution in [0.25, 0.3) is 0 Å². The Morgan fingerprint density at radius 1 is 1.39 bits per heavy atom. The van der Waals surface area contributed by atoms with Crippen LogP contribution in [0.2, 0.25) is 0 Å². The van der Waals surface area contributed by atoms with Crippen molar-refractivity contribution in [3.8, 4) is 0 Å². The Kier molecular flexibility index (Phi) is 3.90. The van der Waals surface area contributed by atoms with Gasteiger partial charge in [0.1, 0.15) is 6.04 Å². The van der Waals surface area contributed by atoms with Crippen LogP contribution in [0.5, 0.6) is 0 Å². The van der Waals surface area contributed by atoms with E-state index in [9.17, 15) is 9.59 Å². The maximum absolute atomic E-state index is 12.1. The zero-order chi connectivity index (χ0) is 13.3. The number of carboxylic acid groups (broad SMARTS) is 1. The van der Waals surface area contributed by atoms with Gasteiger partial charge in [0.2, 0.25) is 5.91 Å². The van der Waals surface area contributed by atoms with Crippen molar-refractivity contribution in [3.63, 3.8) is 0 Å². The third-order valence-corrected chi connectivity index (χ3v) is 3.76. The van der Waals surface area contributed by atoms with Gasteiger partial charge >= 0.3 is 5.97 Å². The lowest BCUT2D eigenvalue weighted by Crippen LogP contribution is -2.46. The molecule has 5 heteroatoms. The van der Waals surface area contributed by atoms with Crippen LogP contribution in [-0.2, 0) is 14.3 Å².